The first kappa shape index (κ1) is 10.6. The highest BCUT2D eigenvalue weighted by atomic mass is 15.2. The van der Waals surface area contributed by atoms with Crippen molar-refractivity contribution in [1.82, 2.24) is 15.2 Å². The van der Waals surface area contributed by atoms with Crippen LogP contribution < -0.4 is 5.32 Å². The average Bonchev–Trinajstić information content (AvgIpc) is 2.22. The fourth-order valence-corrected chi connectivity index (χ4v) is 2.06. The van der Waals surface area contributed by atoms with Gasteiger partial charge in [0.25, 0.3) is 0 Å². The molecule has 2 heterocycles. The van der Waals surface area contributed by atoms with E-state index in [1.165, 1.54) is 11.1 Å². The van der Waals surface area contributed by atoms with Crippen LogP contribution in [0.3, 0.4) is 0 Å². The molecule has 0 amide bonds. The van der Waals surface area contributed by atoms with Crippen molar-refractivity contribution in [2.24, 2.45) is 0 Å². The second-order valence-corrected chi connectivity index (χ2v) is 4.39. The highest BCUT2D eigenvalue weighted by molar-refractivity contribution is 5.21. The molecule has 0 aliphatic carbocycles. The number of pyridine rings is 1. The Balaban J connectivity index is 1.99. The van der Waals surface area contributed by atoms with Crippen molar-refractivity contribution in [3.05, 3.63) is 29.6 Å². The molecule has 0 saturated carbocycles. The monoisotopic (exact) mass is 205 g/mol. The summed E-state index contributed by atoms with van der Waals surface area (Å²) in [5.74, 6) is 0. The molecule has 1 saturated heterocycles. The zero-order valence-electron chi connectivity index (χ0n) is 9.53. The molecule has 1 atom stereocenters. The number of piperazine rings is 1. The molecule has 0 spiro atoms. The molecule has 1 fully saturated rings. The number of hydrogen-bond acceptors (Lipinski definition) is 3. The molecule has 1 aromatic rings. The summed E-state index contributed by atoms with van der Waals surface area (Å²) in [5, 5.41) is 3.46. The second kappa shape index (κ2) is 4.73. The summed E-state index contributed by atoms with van der Waals surface area (Å²) in [6, 6.07) is 2.69. The number of rotatable bonds is 2. The lowest BCUT2D eigenvalue weighted by Crippen LogP contribution is -2.48. The fraction of sp³-hybridized carbons (Fsp3) is 0.583. The summed E-state index contributed by atoms with van der Waals surface area (Å²) in [4.78, 5) is 6.68. The first-order valence-corrected chi connectivity index (χ1v) is 5.61. The van der Waals surface area contributed by atoms with Gasteiger partial charge in [0.15, 0.2) is 0 Å². The highest BCUT2D eigenvalue weighted by Crippen LogP contribution is 2.10. The third kappa shape index (κ3) is 2.76. The Hall–Kier alpha value is -0.930. The summed E-state index contributed by atoms with van der Waals surface area (Å²) in [5.41, 5.74) is 2.70. The predicted molar refractivity (Wildman–Crippen MR) is 61.7 cm³/mol. The predicted octanol–water partition coefficient (Wildman–Crippen LogP) is 1.18. The maximum atomic E-state index is 4.19. The van der Waals surface area contributed by atoms with Crippen molar-refractivity contribution in [3.8, 4) is 0 Å². The molecule has 1 aliphatic heterocycles. The smallest absolute Gasteiger partial charge is 0.0315 e. The first-order valence-electron chi connectivity index (χ1n) is 5.61. The van der Waals surface area contributed by atoms with Crippen molar-refractivity contribution < 1.29 is 0 Å². The Labute approximate surface area is 91.5 Å². The molecule has 1 aromatic heterocycles. The quantitative estimate of drug-likeness (QED) is 0.786. The normalized spacial score (nSPS) is 22.9. The van der Waals surface area contributed by atoms with Crippen molar-refractivity contribution >= 4 is 0 Å². The number of nitrogens with zero attached hydrogens (tertiary/aromatic N) is 2. The third-order valence-corrected chi connectivity index (χ3v) is 2.99. The van der Waals surface area contributed by atoms with E-state index in [0.717, 1.165) is 26.2 Å². The van der Waals surface area contributed by atoms with Gasteiger partial charge in [-0.15, -0.1) is 0 Å². The van der Waals surface area contributed by atoms with E-state index in [4.69, 9.17) is 0 Å². The van der Waals surface area contributed by atoms with E-state index >= 15 is 0 Å². The summed E-state index contributed by atoms with van der Waals surface area (Å²) in [6.45, 7) is 8.80. The first-order chi connectivity index (χ1) is 7.25. The Morgan fingerprint density at radius 1 is 1.60 bits per heavy atom. The van der Waals surface area contributed by atoms with Gasteiger partial charge in [0.1, 0.15) is 0 Å². The van der Waals surface area contributed by atoms with E-state index in [1.807, 2.05) is 12.4 Å². The van der Waals surface area contributed by atoms with Crippen LogP contribution in [0, 0.1) is 6.92 Å². The molecule has 1 N–H and O–H groups in total. The molecule has 3 heteroatoms. The molecule has 1 unspecified atom stereocenters. The molecule has 82 valence electrons. The summed E-state index contributed by atoms with van der Waals surface area (Å²) >= 11 is 0. The minimum absolute atomic E-state index is 0.607. The lowest BCUT2D eigenvalue weighted by atomic mass is 10.1. The molecule has 3 nitrogen and oxygen atoms in total. The van der Waals surface area contributed by atoms with Crippen LogP contribution >= 0.6 is 0 Å². The van der Waals surface area contributed by atoms with Crippen LogP contribution in [-0.4, -0.2) is 35.6 Å². The van der Waals surface area contributed by atoms with Gasteiger partial charge in [0.2, 0.25) is 0 Å². The summed E-state index contributed by atoms with van der Waals surface area (Å²) in [6.07, 6.45) is 3.85. The van der Waals surface area contributed by atoms with E-state index in [1.54, 1.807) is 0 Å². The maximum Gasteiger partial charge on any atom is 0.0315 e. The van der Waals surface area contributed by atoms with Gasteiger partial charge in [0.05, 0.1) is 0 Å². The zero-order valence-corrected chi connectivity index (χ0v) is 9.53. The maximum absolute atomic E-state index is 4.19. The van der Waals surface area contributed by atoms with Crippen LogP contribution in [0.25, 0.3) is 0 Å². The number of nitrogens with one attached hydrogen (secondary N) is 1. The number of aromatic nitrogens is 1. The minimum atomic E-state index is 0.607. The van der Waals surface area contributed by atoms with E-state index in [9.17, 15) is 0 Å². The van der Waals surface area contributed by atoms with Gasteiger partial charge in [-0.05, 0) is 31.0 Å². The van der Waals surface area contributed by atoms with Gasteiger partial charge in [-0.1, -0.05) is 0 Å². The number of aryl methyl sites for hydroxylation is 1. The Morgan fingerprint density at radius 2 is 2.47 bits per heavy atom. The van der Waals surface area contributed by atoms with E-state index < -0.39 is 0 Å². The van der Waals surface area contributed by atoms with Crippen molar-refractivity contribution in [2.45, 2.75) is 26.4 Å². The molecular weight excluding hydrogens is 186 g/mol. The van der Waals surface area contributed by atoms with Gasteiger partial charge < -0.3 is 5.32 Å². The fourth-order valence-electron chi connectivity index (χ4n) is 2.06. The van der Waals surface area contributed by atoms with Gasteiger partial charge in [-0.2, -0.15) is 0 Å². The van der Waals surface area contributed by atoms with Gasteiger partial charge in [-0.3, -0.25) is 9.88 Å². The van der Waals surface area contributed by atoms with Crippen LogP contribution in [-0.2, 0) is 6.54 Å². The molecule has 0 bridgehead atoms. The standard InChI is InChI=1S/C12H19N3/c1-10-3-4-13-7-12(10)9-15-6-5-14-11(2)8-15/h3-4,7,11,14H,5-6,8-9H2,1-2H3. The van der Waals surface area contributed by atoms with Gasteiger partial charge in [0, 0.05) is 44.6 Å². The lowest BCUT2D eigenvalue weighted by Gasteiger charge is -2.32. The second-order valence-electron chi connectivity index (χ2n) is 4.39. The Morgan fingerprint density at radius 3 is 3.20 bits per heavy atom. The highest BCUT2D eigenvalue weighted by Gasteiger charge is 2.15. The molecule has 0 radical (unpaired) electrons. The van der Waals surface area contributed by atoms with Crippen molar-refractivity contribution in [3.63, 3.8) is 0 Å². The van der Waals surface area contributed by atoms with Crippen molar-refractivity contribution in [1.29, 1.82) is 0 Å². The third-order valence-electron chi connectivity index (χ3n) is 2.99. The Bertz CT molecular complexity index is 324. The van der Waals surface area contributed by atoms with Crippen LogP contribution in [0.1, 0.15) is 18.1 Å². The largest absolute Gasteiger partial charge is 0.312 e. The molecule has 15 heavy (non-hydrogen) atoms. The molecule has 2 rings (SSSR count). The molecule has 0 aromatic carbocycles. The molecular formula is C12H19N3. The zero-order chi connectivity index (χ0) is 10.7. The van der Waals surface area contributed by atoms with Crippen LogP contribution in [0.5, 0.6) is 0 Å². The van der Waals surface area contributed by atoms with Crippen molar-refractivity contribution in [2.75, 3.05) is 19.6 Å². The SMILES string of the molecule is Cc1ccncc1CN1CCNC(C)C1. The van der Waals surface area contributed by atoms with E-state index in [2.05, 4.69) is 35.1 Å². The topological polar surface area (TPSA) is 28.2 Å². The summed E-state index contributed by atoms with van der Waals surface area (Å²) in [7, 11) is 0. The number of hydrogen-bond donors (Lipinski definition) is 1. The van der Waals surface area contributed by atoms with Crippen LogP contribution in [0.2, 0.25) is 0 Å². The van der Waals surface area contributed by atoms with Crippen LogP contribution in [0.15, 0.2) is 18.5 Å². The Kier molecular flexibility index (Phi) is 3.34. The van der Waals surface area contributed by atoms with Crippen LogP contribution in [0.4, 0.5) is 0 Å². The van der Waals surface area contributed by atoms with Gasteiger partial charge in [-0.25, -0.2) is 0 Å². The van der Waals surface area contributed by atoms with E-state index in [-0.39, 0.29) is 0 Å². The van der Waals surface area contributed by atoms with E-state index in [0.29, 0.717) is 6.04 Å². The lowest BCUT2D eigenvalue weighted by molar-refractivity contribution is 0.199. The van der Waals surface area contributed by atoms with Gasteiger partial charge >= 0.3 is 0 Å². The molecule has 1 aliphatic rings. The minimum Gasteiger partial charge on any atom is -0.312 e. The summed E-state index contributed by atoms with van der Waals surface area (Å²) < 4.78 is 0. The average molecular weight is 205 g/mol.